The zero-order valence-electron chi connectivity index (χ0n) is 12.3. The molecule has 0 aliphatic carbocycles. The molecule has 0 saturated carbocycles. The molecule has 6 heteroatoms. The quantitative estimate of drug-likeness (QED) is 0.652. The topological polar surface area (TPSA) is 76.7 Å². The Morgan fingerprint density at radius 3 is 2.82 bits per heavy atom. The zero-order chi connectivity index (χ0) is 16.1. The highest BCUT2D eigenvalue weighted by Gasteiger charge is 2.33. The number of esters is 1. The Morgan fingerprint density at radius 2 is 2.14 bits per heavy atom. The Kier molecular flexibility index (Phi) is 4.69. The molecule has 6 nitrogen and oxygen atoms in total. The van der Waals surface area contributed by atoms with E-state index in [1.807, 2.05) is 0 Å². The molecule has 1 heterocycles. The van der Waals surface area contributed by atoms with Crippen molar-refractivity contribution in [1.82, 2.24) is 10.6 Å². The minimum Gasteiger partial charge on any atom is -0.481 e. The number of nitrogens with one attached hydrogen (secondary N) is 2. The largest absolute Gasteiger partial charge is 0.481 e. The molecule has 1 atom stereocenters. The molecule has 0 bridgehead atoms. The summed E-state index contributed by atoms with van der Waals surface area (Å²) < 4.78 is 10.3. The van der Waals surface area contributed by atoms with Gasteiger partial charge < -0.3 is 20.1 Å². The molecule has 1 aromatic rings. The number of urea groups is 1. The number of carbonyl (C=O) groups is 2. The van der Waals surface area contributed by atoms with Gasteiger partial charge in [0.05, 0.1) is 18.7 Å². The first-order chi connectivity index (χ1) is 10.6. The number of carbonyl (C=O) groups excluding carboxylic acids is 2. The van der Waals surface area contributed by atoms with Crippen LogP contribution in [0.2, 0.25) is 0 Å². The number of terminal acetylenes is 1. The monoisotopic (exact) mass is 300 g/mol. The van der Waals surface area contributed by atoms with Crippen LogP contribution < -0.4 is 15.4 Å². The lowest BCUT2D eigenvalue weighted by molar-refractivity contribution is -0.136. The van der Waals surface area contributed by atoms with Gasteiger partial charge in [0, 0.05) is 11.3 Å². The van der Waals surface area contributed by atoms with Crippen LogP contribution in [0, 0.1) is 12.3 Å². The summed E-state index contributed by atoms with van der Waals surface area (Å²) in [6, 6.07) is 5.99. The second-order valence-corrected chi connectivity index (χ2v) is 4.59. The fraction of sp³-hybridized carbons (Fsp3) is 0.250. The van der Waals surface area contributed by atoms with Crippen molar-refractivity contribution in [3.8, 4) is 18.1 Å². The summed E-state index contributed by atoms with van der Waals surface area (Å²) in [6.45, 7) is 1.73. The lowest BCUT2D eigenvalue weighted by Gasteiger charge is -2.28. The van der Waals surface area contributed by atoms with Crippen molar-refractivity contribution < 1.29 is 19.1 Å². The number of hydrogen-bond acceptors (Lipinski definition) is 4. The van der Waals surface area contributed by atoms with Crippen LogP contribution in [0.4, 0.5) is 4.79 Å². The number of hydrogen-bond donors (Lipinski definition) is 2. The first-order valence-corrected chi connectivity index (χ1v) is 6.60. The summed E-state index contributed by atoms with van der Waals surface area (Å²) in [4.78, 5) is 23.8. The van der Waals surface area contributed by atoms with Gasteiger partial charge in [-0.25, -0.2) is 9.59 Å². The maximum atomic E-state index is 12.0. The fourth-order valence-corrected chi connectivity index (χ4v) is 2.28. The van der Waals surface area contributed by atoms with Crippen LogP contribution in [0.25, 0.3) is 0 Å². The van der Waals surface area contributed by atoms with Crippen LogP contribution in [0.5, 0.6) is 5.75 Å². The van der Waals surface area contributed by atoms with Crippen LogP contribution in [0.1, 0.15) is 18.5 Å². The fourth-order valence-electron chi connectivity index (χ4n) is 2.28. The summed E-state index contributed by atoms with van der Waals surface area (Å²) in [5, 5.41) is 5.27. The van der Waals surface area contributed by atoms with Gasteiger partial charge in [-0.1, -0.05) is 24.1 Å². The highest BCUT2D eigenvalue weighted by molar-refractivity contribution is 5.95. The molecular formula is C16H16N2O4. The SMILES string of the molecule is C#CCOc1ccccc1C1NC(=O)NC(C)=C1C(=O)OC. The summed E-state index contributed by atoms with van der Waals surface area (Å²) in [5.74, 6) is 2.36. The summed E-state index contributed by atoms with van der Waals surface area (Å²) in [7, 11) is 1.29. The predicted molar refractivity (Wildman–Crippen MR) is 79.9 cm³/mol. The van der Waals surface area contributed by atoms with Gasteiger partial charge in [0.2, 0.25) is 0 Å². The van der Waals surface area contributed by atoms with Crippen LogP contribution in [0.15, 0.2) is 35.5 Å². The van der Waals surface area contributed by atoms with E-state index in [2.05, 4.69) is 16.6 Å². The standard InChI is InChI=1S/C16H16N2O4/c1-4-9-22-12-8-6-5-7-11(12)14-13(15(19)21-3)10(2)17-16(20)18-14/h1,5-8,14H,9H2,2-3H3,(H2,17,18,20). The molecule has 0 fully saturated rings. The number of para-hydroxylation sites is 1. The molecule has 1 aliphatic rings. The Bertz CT molecular complexity index is 673. The van der Waals surface area contributed by atoms with Gasteiger partial charge in [0.15, 0.2) is 0 Å². The van der Waals surface area contributed by atoms with Crippen molar-refractivity contribution in [3.63, 3.8) is 0 Å². The van der Waals surface area contributed by atoms with Gasteiger partial charge in [0.1, 0.15) is 12.4 Å². The molecule has 1 aromatic carbocycles. The highest BCUT2D eigenvalue weighted by atomic mass is 16.5. The first-order valence-electron chi connectivity index (χ1n) is 6.60. The molecule has 114 valence electrons. The van der Waals surface area contributed by atoms with Crippen molar-refractivity contribution >= 4 is 12.0 Å². The number of ether oxygens (including phenoxy) is 2. The maximum absolute atomic E-state index is 12.0. The summed E-state index contributed by atoms with van der Waals surface area (Å²) >= 11 is 0. The van der Waals surface area contributed by atoms with E-state index in [0.717, 1.165) is 0 Å². The van der Waals surface area contributed by atoms with Crippen molar-refractivity contribution in [2.75, 3.05) is 13.7 Å². The smallest absolute Gasteiger partial charge is 0.337 e. The molecule has 0 spiro atoms. The van der Waals surface area contributed by atoms with E-state index >= 15 is 0 Å². The molecule has 2 rings (SSSR count). The van der Waals surface area contributed by atoms with Crippen LogP contribution in [-0.2, 0) is 9.53 Å². The lowest BCUT2D eigenvalue weighted by Crippen LogP contribution is -2.45. The Morgan fingerprint density at radius 1 is 1.41 bits per heavy atom. The third kappa shape index (κ3) is 3.04. The predicted octanol–water partition coefficient (Wildman–Crippen LogP) is 1.50. The molecule has 0 aromatic heterocycles. The molecule has 1 aliphatic heterocycles. The molecule has 1 unspecified atom stereocenters. The first kappa shape index (κ1) is 15.4. The molecule has 0 radical (unpaired) electrons. The minimum atomic E-state index is -0.671. The van der Waals surface area contributed by atoms with Gasteiger partial charge >= 0.3 is 12.0 Å². The molecule has 22 heavy (non-hydrogen) atoms. The van der Waals surface area contributed by atoms with E-state index in [1.165, 1.54) is 7.11 Å². The summed E-state index contributed by atoms with van der Waals surface area (Å²) in [5.41, 5.74) is 1.39. The van der Waals surface area contributed by atoms with E-state index in [1.54, 1.807) is 31.2 Å². The molecule has 2 amide bonds. The van der Waals surface area contributed by atoms with Gasteiger partial charge in [-0.3, -0.25) is 0 Å². The Hall–Kier alpha value is -2.94. The Balaban J connectivity index is 2.49. The third-order valence-corrected chi connectivity index (χ3v) is 3.22. The number of methoxy groups -OCH3 is 1. The Labute approximate surface area is 128 Å². The number of benzene rings is 1. The highest BCUT2D eigenvalue weighted by Crippen LogP contribution is 2.33. The second kappa shape index (κ2) is 6.68. The number of allylic oxidation sites excluding steroid dienone is 1. The van der Waals surface area contributed by atoms with E-state index in [9.17, 15) is 9.59 Å². The van der Waals surface area contributed by atoms with Crippen LogP contribution >= 0.6 is 0 Å². The van der Waals surface area contributed by atoms with Crippen molar-refractivity contribution in [3.05, 3.63) is 41.1 Å². The molecular weight excluding hydrogens is 284 g/mol. The van der Waals surface area contributed by atoms with E-state index in [0.29, 0.717) is 22.6 Å². The van der Waals surface area contributed by atoms with Gasteiger partial charge in [-0.05, 0) is 13.0 Å². The van der Waals surface area contributed by atoms with Crippen molar-refractivity contribution in [2.45, 2.75) is 13.0 Å². The maximum Gasteiger partial charge on any atom is 0.337 e. The molecule has 2 N–H and O–H groups in total. The average Bonchev–Trinajstić information content (AvgIpc) is 2.51. The van der Waals surface area contributed by atoms with Crippen LogP contribution in [0.3, 0.4) is 0 Å². The van der Waals surface area contributed by atoms with Gasteiger partial charge in [0.25, 0.3) is 0 Å². The van der Waals surface area contributed by atoms with Crippen molar-refractivity contribution in [2.24, 2.45) is 0 Å². The average molecular weight is 300 g/mol. The van der Waals surface area contributed by atoms with E-state index in [-0.39, 0.29) is 6.61 Å². The second-order valence-electron chi connectivity index (χ2n) is 4.59. The zero-order valence-corrected chi connectivity index (χ0v) is 12.3. The van der Waals surface area contributed by atoms with Gasteiger partial charge in [-0.2, -0.15) is 0 Å². The van der Waals surface area contributed by atoms with Crippen LogP contribution in [-0.4, -0.2) is 25.7 Å². The van der Waals surface area contributed by atoms with E-state index in [4.69, 9.17) is 15.9 Å². The number of rotatable bonds is 4. The van der Waals surface area contributed by atoms with Gasteiger partial charge in [-0.15, -0.1) is 6.42 Å². The normalized spacial score (nSPS) is 17.1. The molecule has 0 saturated heterocycles. The van der Waals surface area contributed by atoms with E-state index < -0.39 is 18.0 Å². The lowest BCUT2D eigenvalue weighted by atomic mass is 9.95. The minimum absolute atomic E-state index is 0.0895. The summed E-state index contributed by atoms with van der Waals surface area (Å²) in [6.07, 6.45) is 5.21. The third-order valence-electron chi connectivity index (χ3n) is 3.22. The number of amides is 2. The van der Waals surface area contributed by atoms with Crippen molar-refractivity contribution in [1.29, 1.82) is 0 Å².